The van der Waals surface area contributed by atoms with Gasteiger partial charge < -0.3 is 15.4 Å². The van der Waals surface area contributed by atoms with Gasteiger partial charge in [0, 0.05) is 13.1 Å². The van der Waals surface area contributed by atoms with Gasteiger partial charge in [-0.25, -0.2) is 14.3 Å². The number of fused-ring (bicyclic) bond motifs is 1. The van der Waals surface area contributed by atoms with Crippen molar-refractivity contribution < 1.29 is 9.53 Å². The molecule has 0 aliphatic carbocycles. The van der Waals surface area contributed by atoms with Crippen LogP contribution >= 0.6 is 33.9 Å². The summed E-state index contributed by atoms with van der Waals surface area (Å²) in [5, 5.41) is 11.1. The first-order valence-corrected chi connectivity index (χ1v) is 8.45. The third-order valence-electron chi connectivity index (χ3n) is 2.31. The number of hydrogen-bond donors (Lipinski definition) is 2. The molecular formula is C12H18IN5O2S. The summed E-state index contributed by atoms with van der Waals surface area (Å²) in [5.41, 5.74) is -0.463. The largest absolute Gasteiger partial charge is 0.444 e. The molecule has 0 saturated heterocycles. The van der Waals surface area contributed by atoms with E-state index in [9.17, 15) is 4.79 Å². The summed E-state index contributed by atoms with van der Waals surface area (Å²) in [5.74, 6) is 0. The van der Waals surface area contributed by atoms with Crippen LogP contribution in [0.5, 0.6) is 0 Å². The lowest BCUT2D eigenvalue weighted by Gasteiger charge is -2.19. The van der Waals surface area contributed by atoms with Crippen LogP contribution in [0.2, 0.25) is 0 Å². The minimum atomic E-state index is -0.463. The fourth-order valence-electron chi connectivity index (χ4n) is 1.53. The first kappa shape index (κ1) is 16.3. The molecule has 21 heavy (non-hydrogen) atoms. The molecule has 0 atom stereocenters. The summed E-state index contributed by atoms with van der Waals surface area (Å²) < 4.78 is 7.84. The van der Waals surface area contributed by atoms with Crippen molar-refractivity contribution in [3.8, 4) is 0 Å². The highest BCUT2D eigenvalue weighted by Gasteiger charge is 2.15. The Bertz CT molecular complexity index is 587. The van der Waals surface area contributed by atoms with Crippen LogP contribution in [-0.4, -0.2) is 39.4 Å². The van der Waals surface area contributed by atoms with Crippen LogP contribution in [0.25, 0.3) is 4.96 Å². The molecule has 0 unspecified atom stereocenters. The number of ether oxygens (including phenoxy) is 1. The van der Waals surface area contributed by atoms with Crippen molar-refractivity contribution in [3.63, 3.8) is 0 Å². The van der Waals surface area contributed by atoms with Gasteiger partial charge in [-0.05, 0) is 49.8 Å². The number of imidazole rings is 1. The molecule has 2 rings (SSSR count). The van der Waals surface area contributed by atoms with E-state index in [-0.39, 0.29) is 6.09 Å². The third-order valence-corrected chi connectivity index (χ3v) is 3.71. The number of alkyl carbamates (subject to hydrolysis) is 1. The smallest absolute Gasteiger partial charge is 0.407 e. The van der Waals surface area contributed by atoms with Gasteiger partial charge in [-0.15, -0.1) is 5.10 Å². The van der Waals surface area contributed by atoms with Crippen molar-refractivity contribution in [2.45, 2.75) is 32.8 Å². The summed E-state index contributed by atoms with van der Waals surface area (Å²) in [4.78, 5) is 16.6. The van der Waals surface area contributed by atoms with E-state index in [2.05, 4.69) is 43.3 Å². The van der Waals surface area contributed by atoms with Gasteiger partial charge in [-0.2, -0.15) is 0 Å². The number of halogens is 1. The lowest BCUT2D eigenvalue weighted by molar-refractivity contribution is 0.0528. The third kappa shape index (κ3) is 5.30. The van der Waals surface area contributed by atoms with Crippen molar-refractivity contribution in [3.05, 3.63) is 9.90 Å². The average Bonchev–Trinajstić information content (AvgIpc) is 2.82. The predicted octanol–water partition coefficient (Wildman–Crippen LogP) is 2.72. The van der Waals surface area contributed by atoms with E-state index in [0.717, 1.165) is 26.8 Å². The summed E-state index contributed by atoms with van der Waals surface area (Å²) in [6.07, 6.45) is 2.28. The molecule has 116 valence electrons. The second-order valence-corrected chi connectivity index (χ2v) is 7.47. The molecule has 9 heteroatoms. The summed E-state index contributed by atoms with van der Waals surface area (Å²) in [6, 6.07) is 0. The van der Waals surface area contributed by atoms with Gasteiger partial charge >= 0.3 is 6.09 Å². The van der Waals surface area contributed by atoms with Crippen LogP contribution in [0.4, 0.5) is 9.93 Å². The van der Waals surface area contributed by atoms with E-state index in [1.165, 1.54) is 11.3 Å². The topological polar surface area (TPSA) is 80.5 Å². The van der Waals surface area contributed by atoms with Crippen molar-refractivity contribution in [1.29, 1.82) is 0 Å². The quantitative estimate of drug-likeness (QED) is 0.571. The Morgan fingerprint density at radius 3 is 2.90 bits per heavy atom. The second-order valence-electron chi connectivity index (χ2n) is 5.41. The number of amides is 1. The van der Waals surface area contributed by atoms with E-state index >= 15 is 0 Å². The molecule has 2 aromatic heterocycles. The Balaban J connectivity index is 1.65. The number of nitrogens with zero attached hydrogens (tertiary/aromatic N) is 3. The van der Waals surface area contributed by atoms with Gasteiger partial charge in [-0.3, -0.25) is 0 Å². The Hall–Kier alpha value is -1.10. The van der Waals surface area contributed by atoms with Gasteiger partial charge in [0.15, 0.2) is 0 Å². The van der Waals surface area contributed by atoms with Crippen LogP contribution in [0.15, 0.2) is 6.20 Å². The number of aromatic nitrogens is 3. The highest BCUT2D eigenvalue weighted by molar-refractivity contribution is 14.1. The molecule has 0 aromatic carbocycles. The van der Waals surface area contributed by atoms with Crippen molar-refractivity contribution in [2.24, 2.45) is 0 Å². The van der Waals surface area contributed by atoms with Gasteiger partial charge in [0.2, 0.25) is 10.1 Å². The van der Waals surface area contributed by atoms with Crippen LogP contribution in [0.3, 0.4) is 0 Å². The van der Waals surface area contributed by atoms with Crippen LogP contribution < -0.4 is 10.6 Å². The van der Waals surface area contributed by atoms with Crippen molar-refractivity contribution in [1.82, 2.24) is 19.9 Å². The van der Waals surface area contributed by atoms with Gasteiger partial charge in [0.25, 0.3) is 0 Å². The molecule has 0 aliphatic heterocycles. The Kier molecular flexibility index (Phi) is 5.25. The lowest BCUT2D eigenvalue weighted by atomic mass is 10.2. The fraction of sp³-hybridized carbons (Fsp3) is 0.583. The molecule has 2 heterocycles. The van der Waals surface area contributed by atoms with E-state index in [0.29, 0.717) is 6.54 Å². The van der Waals surface area contributed by atoms with E-state index in [1.54, 1.807) is 4.52 Å². The molecule has 2 aromatic rings. The molecular weight excluding hydrogens is 405 g/mol. The number of nitrogens with one attached hydrogen (secondary N) is 2. The van der Waals surface area contributed by atoms with E-state index < -0.39 is 5.60 Å². The van der Waals surface area contributed by atoms with Crippen LogP contribution in [0, 0.1) is 3.70 Å². The minimum Gasteiger partial charge on any atom is -0.444 e. The Labute approximate surface area is 140 Å². The maximum atomic E-state index is 11.4. The number of anilines is 1. The first-order valence-electron chi connectivity index (χ1n) is 6.56. The number of hydrogen-bond acceptors (Lipinski definition) is 6. The Morgan fingerprint density at radius 2 is 2.24 bits per heavy atom. The SMILES string of the molecule is CC(C)(C)OC(=O)NCCCNc1nn2cc(I)nc2s1. The monoisotopic (exact) mass is 423 g/mol. The molecule has 0 fully saturated rings. The number of carbonyl (C=O) groups is 1. The summed E-state index contributed by atoms with van der Waals surface area (Å²) >= 11 is 3.66. The normalized spacial score (nSPS) is 11.6. The zero-order valence-corrected chi connectivity index (χ0v) is 15.1. The zero-order valence-electron chi connectivity index (χ0n) is 12.1. The summed E-state index contributed by atoms with van der Waals surface area (Å²) in [6.45, 7) is 6.81. The molecule has 0 bridgehead atoms. The van der Waals surface area contributed by atoms with Crippen LogP contribution in [-0.2, 0) is 4.74 Å². The van der Waals surface area contributed by atoms with Gasteiger partial charge in [-0.1, -0.05) is 11.3 Å². The standard InChI is InChI=1S/C12H18IN5O2S/c1-12(2,3)20-11(19)15-6-4-5-14-9-17-18-7-8(13)16-10(18)21-9/h7H,4-6H2,1-3H3,(H,14,17)(H,15,19). The Morgan fingerprint density at radius 1 is 1.48 bits per heavy atom. The molecule has 0 spiro atoms. The highest BCUT2D eigenvalue weighted by Crippen LogP contribution is 2.19. The number of carbonyl (C=O) groups excluding carboxylic acids is 1. The lowest BCUT2D eigenvalue weighted by Crippen LogP contribution is -2.33. The van der Waals surface area contributed by atoms with Crippen molar-refractivity contribution >= 4 is 50.1 Å². The minimum absolute atomic E-state index is 0.384. The van der Waals surface area contributed by atoms with Crippen molar-refractivity contribution in [2.75, 3.05) is 18.4 Å². The highest BCUT2D eigenvalue weighted by atomic mass is 127. The van der Waals surface area contributed by atoms with E-state index in [4.69, 9.17) is 4.74 Å². The predicted molar refractivity (Wildman–Crippen MR) is 90.9 cm³/mol. The van der Waals surface area contributed by atoms with E-state index in [1.807, 2.05) is 27.0 Å². The molecule has 1 amide bonds. The molecule has 7 nitrogen and oxygen atoms in total. The van der Waals surface area contributed by atoms with Gasteiger partial charge in [0.1, 0.15) is 9.30 Å². The maximum Gasteiger partial charge on any atom is 0.407 e. The number of rotatable bonds is 5. The molecule has 0 aliphatic rings. The molecule has 2 N–H and O–H groups in total. The maximum absolute atomic E-state index is 11.4. The fourth-order valence-corrected chi connectivity index (χ4v) is 3.00. The molecule has 0 radical (unpaired) electrons. The second kappa shape index (κ2) is 6.77. The first-order chi connectivity index (χ1) is 9.83. The van der Waals surface area contributed by atoms with Gasteiger partial charge in [0.05, 0.1) is 6.20 Å². The molecule has 0 saturated carbocycles. The zero-order chi connectivity index (χ0) is 15.5. The van der Waals surface area contributed by atoms with Crippen LogP contribution in [0.1, 0.15) is 27.2 Å². The average molecular weight is 423 g/mol. The summed E-state index contributed by atoms with van der Waals surface area (Å²) in [7, 11) is 0.